The number of aliphatic hydroxyl groups is 2. The van der Waals surface area contributed by atoms with Crippen LogP contribution in [-0.4, -0.2) is 65.6 Å². The first kappa shape index (κ1) is 25.7. The molecule has 3 N–H and O–H groups in total. The number of rotatable bonds is 15. The maximum Gasteiger partial charge on any atom is 0.407 e. The van der Waals surface area contributed by atoms with Gasteiger partial charge < -0.3 is 25.2 Å². The summed E-state index contributed by atoms with van der Waals surface area (Å²) in [7, 11) is 0. The van der Waals surface area contributed by atoms with E-state index in [1.165, 1.54) is 11.3 Å². The third-order valence-electron chi connectivity index (χ3n) is 4.08. The Labute approximate surface area is 164 Å². The fourth-order valence-electron chi connectivity index (χ4n) is 2.73. The molecule has 0 aliphatic rings. The number of hydrogen-bond donors (Lipinski definition) is 3. The van der Waals surface area contributed by atoms with Crippen LogP contribution in [0.5, 0.6) is 0 Å². The van der Waals surface area contributed by atoms with Gasteiger partial charge in [0.25, 0.3) is 0 Å². The van der Waals surface area contributed by atoms with Crippen molar-refractivity contribution < 1.29 is 24.5 Å². The van der Waals surface area contributed by atoms with Crippen molar-refractivity contribution in [2.24, 2.45) is 0 Å². The summed E-state index contributed by atoms with van der Waals surface area (Å²) in [6.07, 6.45) is 8.64. The monoisotopic (exact) mass is 388 g/mol. The van der Waals surface area contributed by atoms with Gasteiger partial charge in [0, 0.05) is 26.1 Å². The summed E-state index contributed by atoms with van der Waals surface area (Å²) in [4.78, 5) is 24.9. The van der Waals surface area contributed by atoms with Gasteiger partial charge in [-0.05, 0) is 33.6 Å². The first-order valence-electron chi connectivity index (χ1n) is 10.3. The summed E-state index contributed by atoms with van der Waals surface area (Å²) in [5.74, 6) is 0.00980. The minimum absolute atomic E-state index is 0.00980. The zero-order valence-electron chi connectivity index (χ0n) is 17.5. The van der Waals surface area contributed by atoms with Crippen molar-refractivity contribution in [3.8, 4) is 0 Å². The van der Waals surface area contributed by atoms with E-state index in [0.29, 0.717) is 26.1 Å². The maximum absolute atomic E-state index is 11.9. The molecule has 0 aromatic carbocycles. The van der Waals surface area contributed by atoms with Crippen LogP contribution in [0.3, 0.4) is 0 Å². The van der Waals surface area contributed by atoms with Crippen molar-refractivity contribution in [1.82, 2.24) is 10.2 Å². The molecule has 27 heavy (non-hydrogen) atoms. The number of nitrogens with one attached hydrogen (secondary N) is 1. The van der Waals surface area contributed by atoms with Gasteiger partial charge in [-0.1, -0.05) is 38.5 Å². The Bertz CT molecular complexity index is 390. The molecule has 160 valence electrons. The Hall–Kier alpha value is -1.34. The number of aliphatic hydroxyl groups excluding tert-OH is 2. The quantitative estimate of drug-likeness (QED) is 0.375. The van der Waals surface area contributed by atoms with Gasteiger partial charge in [-0.2, -0.15) is 0 Å². The van der Waals surface area contributed by atoms with Crippen LogP contribution in [0.1, 0.15) is 78.6 Å². The lowest BCUT2D eigenvalue weighted by molar-refractivity contribution is -0.132. The Morgan fingerprint density at radius 3 is 1.81 bits per heavy atom. The van der Waals surface area contributed by atoms with Gasteiger partial charge >= 0.3 is 6.09 Å². The lowest BCUT2D eigenvalue weighted by Gasteiger charge is -2.20. The predicted molar refractivity (Wildman–Crippen MR) is 107 cm³/mol. The highest BCUT2D eigenvalue weighted by Gasteiger charge is 2.15. The smallest absolute Gasteiger partial charge is 0.407 e. The molecule has 0 aromatic rings. The lowest BCUT2D eigenvalue weighted by atomic mass is 10.1. The number of amides is 2. The van der Waals surface area contributed by atoms with Crippen molar-refractivity contribution in [2.45, 2.75) is 84.2 Å². The SMILES string of the molecule is CC(C)(C)OC(=O)NCCCCCCCCCCC(=O)N(CCO)CCO. The molecule has 0 aliphatic carbocycles. The standard InChI is InChI=1S/C20H40N2O5/c1-20(2,3)27-19(26)21-13-11-9-7-5-4-6-8-10-12-18(25)22(14-16-23)15-17-24/h23-24H,4-17H2,1-3H3,(H,21,26). The molecule has 7 nitrogen and oxygen atoms in total. The van der Waals surface area contributed by atoms with Crippen molar-refractivity contribution in [3.05, 3.63) is 0 Å². The van der Waals surface area contributed by atoms with Gasteiger partial charge in [0.05, 0.1) is 13.2 Å². The Morgan fingerprint density at radius 1 is 0.852 bits per heavy atom. The van der Waals surface area contributed by atoms with Gasteiger partial charge in [-0.25, -0.2) is 4.79 Å². The zero-order valence-corrected chi connectivity index (χ0v) is 17.5. The molecular weight excluding hydrogens is 348 g/mol. The number of nitrogens with zero attached hydrogens (tertiary/aromatic N) is 1. The van der Waals surface area contributed by atoms with Gasteiger partial charge in [-0.3, -0.25) is 4.79 Å². The van der Waals surface area contributed by atoms with Gasteiger partial charge in [-0.15, -0.1) is 0 Å². The second kappa shape index (κ2) is 15.7. The molecule has 7 heteroatoms. The number of hydrogen-bond acceptors (Lipinski definition) is 5. The molecule has 0 atom stereocenters. The predicted octanol–water partition coefficient (Wildman–Crippen LogP) is 2.84. The number of carbonyl (C=O) groups excluding carboxylic acids is 2. The third kappa shape index (κ3) is 16.6. The number of carbonyl (C=O) groups is 2. The van der Waals surface area contributed by atoms with Crippen molar-refractivity contribution in [3.63, 3.8) is 0 Å². The normalized spacial score (nSPS) is 11.3. The summed E-state index contributed by atoms with van der Waals surface area (Å²) in [6.45, 7) is 6.64. The molecule has 0 aromatic heterocycles. The van der Waals surface area contributed by atoms with Crippen LogP contribution in [0, 0.1) is 0 Å². The van der Waals surface area contributed by atoms with Crippen molar-refractivity contribution in [1.29, 1.82) is 0 Å². The molecular formula is C20H40N2O5. The summed E-state index contributed by atoms with van der Waals surface area (Å²) in [5.41, 5.74) is -0.454. The molecule has 0 saturated heterocycles. The number of alkyl carbamates (subject to hydrolysis) is 1. The topological polar surface area (TPSA) is 99.1 Å². The summed E-state index contributed by atoms with van der Waals surface area (Å²) in [6, 6.07) is 0. The summed E-state index contributed by atoms with van der Waals surface area (Å²) in [5, 5.41) is 20.6. The highest BCUT2D eigenvalue weighted by atomic mass is 16.6. The molecule has 0 bridgehead atoms. The molecule has 0 unspecified atom stereocenters. The molecule has 0 radical (unpaired) electrons. The van der Waals surface area contributed by atoms with Gasteiger partial charge in [0.2, 0.25) is 5.91 Å². The Balaban J connectivity index is 3.47. The van der Waals surface area contributed by atoms with Gasteiger partial charge in [0.1, 0.15) is 5.60 Å². The zero-order chi connectivity index (χ0) is 20.5. The van der Waals surface area contributed by atoms with Crippen molar-refractivity contribution in [2.75, 3.05) is 32.8 Å². The molecule has 0 saturated carbocycles. The largest absolute Gasteiger partial charge is 0.444 e. The highest BCUT2D eigenvalue weighted by Crippen LogP contribution is 2.11. The van der Waals surface area contributed by atoms with E-state index in [1.54, 1.807) is 0 Å². The van der Waals surface area contributed by atoms with E-state index in [2.05, 4.69) is 5.32 Å². The van der Waals surface area contributed by atoms with Crippen LogP contribution in [0.25, 0.3) is 0 Å². The number of ether oxygens (including phenoxy) is 1. The Morgan fingerprint density at radius 2 is 1.33 bits per heavy atom. The minimum Gasteiger partial charge on any atom is -0.444 e. The molecule has 2 amide bonds. The van der Waals surface area contributed by atoms with Crippen LogP contribution < -0.4 is 5.32 Å². The lowest BCUT2D eigenvalue weighted by Crippen LogP contribution is -2.35. The average Bonchev–Trinajstić information content (AvgIpc) is 2.57. The molecule has 0 heterocycles. The van der Waals surface area contributed by atoms with Crippen molar-refractivity contribution >= 4 is 12.0 Å². The Kier molecular flexibility index (Phi) is 14.9. The minimum atomic E-state index is -0.454. The molecule has 0 aliphatic heterocycles. The first-order chi connectivity index (χ1) is 12.8. The summed E-state index contributed by atoms with van der Waals surface area (Å²) >= 11 is 0. The molecule has 0 fully saturated rings. The second-order valence-electron chi connectivity index (χ2n) is 7.84. The van der Waals surface area contributed by atoms with Crippen LogP contribution in [-0.2, 0) is 9.53 Å². The van der Waals surface area contributed by atoms with Crippen LogP contribution >= 0.6 is 0 Å². The average molecular weight is 389 g/mol. The van der Waals surface area contributed by atoms with E-state index in [9.17, 15) is 9.59 Å². The van der Waals surface area contributed by atoms with E-state index in [4.69, 9.17) is 14.9 Å². The molecule has 0 spiro atoms. The second-order valence-corrected chi connectivity index (χ2v) is 7.84. The van der Waals surface area contributed by atoms with Crippen LogP contribution in [0.2, 0.25) is 0 Å². The van der Waals surface area contributed by atoms with E-state index >= 15 is 0 Å². The first-order valence-corrected chi connectivity index (χ1v) is 10.3. The fraction of sp³-hybridized carbons (Fsp3) is 0.900. The third-order valence-corrected chi connectivity index (χ3v) is 4.08. The summed E-state index contributed by atoms with van der Waals surface area (Å²) < 4.78 is 5.18. The van der Waals surface area contributed by atoms with E-state index < -0.39 is 5.60 Å². The highest BCUT2D eigenvalue weighted by molar-refractivity contribution is 5.76. The fourth-order valence-corrected chi connectivity index (χ4v) is 2.73. The van der Waals surface area contributed by atoms with E-state index in [0.717, 1.165) is 44.9 Å². The molecule has 0 rings (SSSR count). The van der Waals surface area contributed by atoms with Crippen LogP contribution in [0.15, 0.2) is 0 Å². The number of unbranched alkanes of at least 4 members (excludes halogenated alkanes) is 7. The van der Waals surface area contributed by atoms with E-state index in [1.807, 2.05) is 20.8 Å². The van der Waals surface area contributed by atoms with Gasteiger partial charge in [0.15, 0.2) is 0 Å². The van der Waals surface area contributed by atoms with Crippen LogP contribution in [0.4, 0.5) is 4.79 Å². The van der Waals surface area contributed by atoms with E-state index in [-0.39, 0.29) is 25.2 Å². The maximum atomic E-state index is 11.9.